The van der Waals surface area contributed by atoms with Gasteiger partial charge in [-0.15, -0.1) is 0 Å². The van der Waals surface area contributed by atoms with Crippen molar-refractivity contribution in [2.24, 2.45) is 0 Å². The predicted octanol–water partition coefficient (Wildman–Crippen LogP) is 4.35. The maximum atomic E-state index is 13.2. The highest BCUT2D eigenvalue weighted by Gasteiger charge is 2.27. The molecule has 0 aliphatic heterocycles. The van der Waals surface area contributed by atoms with Crippen molar-refractivity contribution in [2.45, 2.75) is 31.6 Å². The molecule has 0 atom stereocenters. The minimum absolute atomic E-state index is 0.0275. The molecule has 30 heavy (non-hydrogen) atoms. The van der Waals surface area contributed by atoms with Crippen molar-refractivity contribution in [1.82, 2.24) is 4.98 Å². The molecular formula is C23H25N3O3S. The fourth-order valence-corrected chi connectivity index (χ4v) is 4.32. The summed E-state index contributed by atoms with van der Waals surface area (Å²) in [5.74, 6) is -0.0447. The monoisotopic (exact) mass is 423 g/mol. The third-order valence-corrected chi connectivity index (χ3v) is 6.45. The second-order valence-electron chi connectivity index (χ2n) is 7.36. The van der Waals surface area contributed by atoms with Gasteiger partial charge in [0.15, 0.2) is 0 Å². The lowest BCUT2D eigenvalue weighted by Gasteiger charge is -2.24. The molecule has 0 aliphatic rings. The van der Waals surface area contributed by atoms with Gasteiger partial charge in [-0.25, -0.2) is 8.42 Å². The molecule has 2 aromatic carbocycles. The summed E-state index contributed by atoms with van der Waals surface area (Å²) in [7, 11) is -3.96. The highest BCUT2D eigenvalue weighted by Crippen LogP contribution is 2.24. The number of pyridine rings is 1. The van der Waals surface area contributed by atoms with Crippen LogP contribution in [0.2, 0.25) is 0 Å². The van der Waals surface area contributed by atoms with E-state index in [0.717, 1.165) is 15.4 Å². The number of hydrogen-bond donors (Lipinski definition) is 1. The number of aryl methyl sites for hydroxylation is 1. The molecule has 3 rings (SSSR count). The molecule has 0 radical (unpaired) electrons. The molecule has 1 heterocycles. The smallest absolute Gasteiger partial charge is 0.266 e. The maximum Gasteiger partial charge on any atom is 0.266 e. The van der Waals surface area contributed by atoms with Gasteiger partial charge in [0.25, 0.3) is 10.0 Å². The van der Waals surface area contributed by atoms with Crippen LogP contribution in [0.15, 0.2) is 78.0 Å². The van der Waals surface area contributed by atoms with Gasteiger partial charge in [0.1, 0.15) is 11.4 Å². The molecular weight excluding hydrogens is 398 g/mol. The summed E-state index contributed by atoms with van der Waals surface area (Å²) in [6.07, 6.45) is 2.78. The van der Waals surface area contributed by atoms with E-state index in [2.05, 4.69) is 24.1 Å². The largest absolute Gasteiger partial charge is 0.325 e. The fraction of sp³-hybridized carbons (Fsp3) is 0.217. The first-order chi connectivity index (χ1) is 14.3. The minimum atomic E-state index is -3.96. The standard InChI is InChI=1S/C23H25N3O3S/c1-17(2)19-8-10-20(11-9-19)25-23(27)16-26(21-12-6-18(3)7-13-21)30(28,29)22-5-4-14-24-15-22/h4-15,17H,16H2,1-3H3,(H,25,27). The number of rotatable bonds is 7. The Bertz CT molecular complexity index is 1090. The lowest BCUT2D eigenvalue weighted by Crippen LogP contribution is -2.38. The van der Waals surface area contributed by atoms with E-state index in [9.17, 15) is 13.2 Å². The van der Waals surface area contributed by atoms with E-state index in [1.807, 2.05) is 43.3 Å². The van der Waals surface area contributed by atoms with Crippen molar-refractivity contribution >= 4 is 27.3 Å². The quantitative estimate of drug-likeness (QED) is 0.613. The van der Waals surface area contributed by atoms with Gasteiger partial charge in [0.2, 0.25) is 5.91 Å². The van der Waals surface area contributed by atoms with Gasteiger partial charge in [0, 0.05) is 18.1 Å². The lowest BCUT2D eigenvalue weighted by molar-refractivity contribution is -0.114. The van der Waals surface area contributed by atoms with E-state index in [4.69, 9.17) is 0 Å². The van der Waals surface area contributed by atoms with Gasteiger partial charge < -0.3 is 5.32 Å². The Hall–Kier alpha value is -3.19. The molecule has 1 amide bonds. The van der Waals surface area contributed by atoms with Crippen molar-refractivity contribution in [3.63, 3.8) is 0 Å². The van der Waals surface area contributed by atoms with Crippen LogP contribution in [0, 0.1) is 6.92 Å². The molecule has 0 bridgehead atoms. The second-order valence-corrected chi connectivity index (χ2v) is 9.22. The highest BCUT2D eigenvalue weighted by atomic mass is 32.2. The molecule has 0 aliphatic carbocycles. The number of aromatic nitrogens is 1. The van der Waals surface area contributed by atoms with E-state index in [-0.39, 0.29) is 11.4 Å². The molecule has 6 nitrogen and oxygen atoms in total. The van der Waals surface area contributed by atoms with Crippen LogP contribution in [-0.4, -0.2) is 25.9 Å². The molecule has 0 saturated heterocycles. The molecule has 0 fully saturated rings. The number of sulfonamides is 1. The fourth-order valence-electron chi connectivity index (χ4n) is 2.94. The summed E-state index contributed by atoms with van der Waals surface area (Å²) in [5.41, 5.74) is 3.18. The molecule has 1 aromatic heterocycles. The number of anilines is 2. The topological polar surface area (TPSA) is 79.4 Å². The van der Waals surface area contributed by atoms with Crippen molar-refractivity contribution in [2.75, 3.05) is 16.2 Å². The van der Waals surface area contributed by atoms with Crippen LogP contribution in [0.1, 0.15) is 30.9 Å². The molecule has 0 unspecified atom stereocenters. The van der Waals surface area contributed by atoms with Crippen molar-refractivity contribution in [3.8, 4) is 0 Å². The van der Waals surface area contributed by atoms with Gasteiger partial charge >= 0.3 is 0 Å². The molecule has 0 spiro atoms. The Morgan fingerprint density at radius 1 is 1.03 bits per heavy atom. The SMILES string of the molecule is Cc1ccc(N(CC(=O)Nc2ccc(C(C)C)cc2)S(=O)(=O)c2cccnc2)cc1. The van der Waals surface area contributed by atoms with Gasteiger partial charge in [-0.3, -0.25) is 14.1 Å². The Kier molecular flexibility index (Phi) is 6.52. The summed E-state index contributed by atoms with van der Waals surface area (Å²) in [4.78, 5) is 16.7. The van der Waals surface area contributed by atoms with Crippen LogP contribution in [-0.2, 0) is 14.8 Å². The third kappa shape index (κ3) is 5.04. The van der Waals surface area contributed by atoms with E-state index in [1.165, 1.54) is 18.5 Å². The average molecular weight is 424 g/mol. The first-order valence-electron chi connectivity index (χ1n) is 9.66. The summed E-state index contributed by atoms with van der Waals surface area (Å²) in [5, 5.41) is 2.78. The number of nitrogens with zero attached hydrogens (tertiary/aromatic N) is 2. The number of nitrogens with one attached hydrogen (secondary N) is 1. The van der Waals surface area contributed by atoms with Gasteiger partial charge in [0.05, 0.1) is 5.69 Å². The number of carbonyl (C=O) groups is 1. The zero-order valence-corrected chi connectivity index (χ0v) is 18.1. The Morgan fingerprint density at radius 2 is 1.70 bits per heavy atom. The van der Waals surface area contributed by atoms with E-state index in [0.29, 0.717) is 17.3 Å². The zero-order chi connectivity index (χ0) is 21.7. The summed E-state index contributed by atoms with van der Waals surface area (Å²) in [6.45, 7) is 5.75. The number of amides is 1. The summed E-state index contributed by atoms with van der Waals surface area (Å²) < 4.78 is 27.6. The van der Waals surface area contributed by atoms with E-state index < -0.39 is 15.9 Å². The average Bonchev–Trinajstić information content (AvgIpc) is 2.74. The maximum absolute atomic E-state index is 13.2. The Labute approximate surface area is 177 Å². The van der Waals surface area contributed by atoms with Crippen molar-refractivity contribution in [3.05, 3.63) is 84.2 Å². The predicted molar refractivity (Wildman–Crippen MR) is 119 cm³/mol. The molecule has 0 saturated carbocycles. The Balaban J connectivity index is 1.87. The molecule has 3 aromatic rings. The van der Waals surface area contributed by atoms with Crippen molar-refractivity contribution in [1.29, 1.82) is 0 Å². The highest BCUT2D eigenvalue weighted by molar-refractivity contribution is 7.92. The minimum Gasteiger partial charge on any atom is -0.325 e. The molecule has 156 valence electrons. The van der Waals surface area contributed by atoms with Crippen molar-refractivity contribution < 1.29 is 13.2 Å². The van der Waals surface area contributed by atoms with Crippen LogP contribution >= 0.6 is 0 Å². The van der Waals surface area contributed by atoms with E-state index >= 15 is 0 Å². The number of carbonyl (C=O) groups excluding carboxylic acids is 1. The lowest BCUT2D eigenvalue weighted by atomic mass is 10.0. The van der Waals surface area contributed by atoms with Crippen LogP contribution in [0.5, 0.6) is 0 Å². The van der Waals surface area contributed by atoms with E-state index in [1.54, 1.807) is 18.2 Å². The van der Waals surface area contributed by atoms with Gasteiger partial charge in [-0.05, 0) is 54.8 Å². The normalized spacial score (nSPS) is 11.3. The summed E-state index contributed by atoms with van der Waals surface area (Å²) in [6, 6.07) is 17.5. The van der Waals surface area contributed by atoms with Crippen LogP contribution in [0.4, 0.5) is 11.4 Å². The van der Waals surface area contributed by atoms with Crippen LogP contribution in [0.3, 0.4) is 0 Å². The first-order valence-corrected chi connectivity index (χ1v) is 11.1. The van der Waals surface area contributed by atoms with Crippen LogP contribution < -0.4 is 9.62 Å². The number of hydrogen-bond acceptors (Lipinski definition) is 4. The Morgan fingerprint density at radius 3 is 2.27 bits per heavy atom. The van der Waals surface area contributed by atoms with Gasteiger partial charge in [-0.2, -0.15) is 0 Å². The van der Waals surface area contributed by atoms with Gasteiger partial charge in [-0.1, -0.05) is 43.7 Å². The van der Waals surface area contributed by atoms with Crippen LogP contribution in [0.25, 0.3) is 0 Å². The first kappa shape index (κ1) is 21.5. The molecule has 7 heteroatoms. The molecule has 1 N–H and O–H groups in total. The second kappa shape index (κ2) is 9.09. The number of benzene rings is 2. The zero-order valence-electron chi connectivity index (χ0n) is 17.2. The third-order valence-electron chi connectivity index (χ3n) is 4.69. The summed E-state index contributed by atoms with van der Waals surface area (Å²) >= 11 is 0.